The monoisotopic (exact) mass is 457 g/mol. The Labute approximate surface area is 188 Å². The predicted molar refractivity (Wildman–Crippen MR) is 118 cm³/mol. The molecule has 166 valence electrons. The summed E-state index contributed by atoms with van der Waals surface area (Å²) in [6, 6.07) is 3.83. The minimum atomic E-state index is -0.279. The number of fused-ring (bicyclic) bond motifs is 1. The number of alkyl carbamates (subject to hydrolysis) is 1. The third kappa shape index (κ3) is 6.15. The zero-order chi connectivity index (χ0) is 20.2. The van der Waals surface area contributed by atoms with E-state index in [0.29, 0.717) is 42.7 Å². The molecule has 0 aromatic heterocycles. The lowest BCUT2D eigenvalue weighted by Gasteiger charge is -2.32. The first kappa shape index (κ1) is 23.0. The Hall–Kier alpha value is -1.70. The quantitative estimate of drug-likeness (QED) is 0.653. The molecule has 1 saturated carbocycles. The van der Waals surface area contributed by atoms with Crippen molar-refractivity contribution in [2.45, 2.75) is 44.6 Å². The third-order valence-corrected chi connectivity index (χ3v) is 6.12. The van der Waals surface area contributed by atoms with Crippen LogP contribution >= 0.6 is 24.0 Å². The lowest BCUT2D eigenvalue weighted by atomic mass is 10.0. The molecular weight excluding hydrogens is 429 g/mol. The molecule has 30 heavy (non-hydrogen) atoms. The number of hydrogen-bond acceptors (Lipinski definition) is 5. The van der Waals surface area contributed by atoms with Gasteiger partial charge in [0.15, 0.2) is 0 Å². The van der Waals surface area contributed by atoms with Crippen LogP contribution in [0.5, 0.6) is 5.75 Å². The van der Waals surface area contributed by atoms with E-state index in [1.165, 1.54) is 12.8 Å². The second kappa shape index (κ2) is 10.6. The highest BCUT2D eigenvalue weighted by molar-refractivity contribution is 6.34. The van der Waals surface area contributed by atoms with Crippen molar-refractivity contribution in [2.75, 3.05) is 38.2 Å². The average molecular weight is 458 g/mol. The van der Waals surface area contributed by atoms with Crippen LogP contribution in [0.3, 0.4) is 0 Å². The van der Waals surface area contributed by atoms with Gasteiger partial charge < -0.3 is 20.1 Å². The second-order valence-electron chi connectivity index (χ2n) is 8.10. The van der Waals surface area contributed by atoms with Crippen molar-refractivity contribution >= 4 is 41.7 Å². The summed E-state index contributed by atoms with van der Waals surface area (Å²) in [7, 11) is 0. The Morgan fingerprint density at radius 2 is 1.97 bits per heavy atom. The van der Waals surface area contributed by atoms with Crippen molar-refractivity contribution in [1.82, 2.24) is 10.2 Å². The lowest BCUT2D eigenvalue weighted by Crippen LogP contribution is -2.45. The number of piperidine rings is 1. The minimum Gasteiger partial charge on any atom is -0.492 e. The Morgan fingerprint density at radius 1 is 1.20 bits per heavy atom. The van der Waals surface area contributed by atoms with Crippen LogP contribution in [0.2, 0.25) is 5.02 Å². The Morgan fingerprint density at radius 3 is 2.70 bits per heavy atom. The Kier molecular flexibility index (Phi) is 8.08. The highest BCUT2D eigenvalue weighted by Crippen LogP contribution is 2.37. The first-order valence-electron chi connectivity index (χ1n) is 10.5. The van der Waals surface area contributed by atoms with E-state index >= 15 is 0 Å². The van der Waals surface area contributed by atoms with E-state index in [4.69, 9.17) is 21.1 Å². The highest BCUT2D eigenvalue weighted by atomic mass is 35.5. The molecule has 3 aliphatic rings. The number of benzene rings is 1. The first-order valence-corrected chi connectivity index (χ1v) is 10.9. The van der Waals surface area contributed by atoms with Gasteiger partial charge in [-0.15, -0.1) is 12.4 Å². The van der Waals surface area contributed by atoms with Crippen LogP contribution in [0.25, 0.3) is 0 Å². The topological polar surface area (TPSA) is 79.9 Å². The van der Waals surface area contributed by atoms with E-state index in [2.05, 4.69) is 15.5 Å². The number of rotatable bonds is 7. The van der Waals surface area contributed by atoms with E-state index < -0.39 is 0 Å². The number of carbonyl (C=O) groups excluding carboxylic acids is 2. The molecule has 0 spiro atoms. The number of ether oxygens (including phenoxy) is 2. The van der Waals surface area contributed by atoms with Crippen molar-refractivity contribution < 1.29 is 19.1 Å². The van der Waals surface area contributed by atoms with Gasteiger partial charge in [-0.2, -0.15) is 0 Å². The van der Waals surface area contributed by atoms with Crippen molar-refractivity contribution in [2.24, 2.45) is 5.92 Å². The highest BCUT2D eigenvalue weighted by Gasteiger charge is 2.25. The van der Waals surface area contributed by atoms with Gasteiger partial charge in [0.2, 0.25) is 5.91 Å². The summed E-state index contributed by atoms with van der Waals surface area (Å²) in [5.74, 6) is 1.37. The van der Waals surface area contributed by atoms with E-state index in [1.807, 2.05) is 6.07 Å². The summed E-state index contributed by atoms with van der Waals surface area (Å²) >= 11 is 6.21. The van der Waals surface area contributed by atoms with Crippen LogP contribution in [0, 0.1) is 5.92 Å². The standard InChI is InChI=1S/C21H28ClN3O4.ClH/c22-17-4-5-18(16-3-6-19(26)24-20(16)17)28-12-11-25-9-7-15(8-10-25)23-21(27)29-13-14-1-2-14;/h4-5,14-15H,1-3,6-13H2,(H,23,27)(H,24,26);1H. The van der Waals surface area contributed by atoms with Gasteiger partial charge in [0, 0.05) is 37.7 Å². The molecule has 0 radical (unpaired) electrons. The summed E-state index contributed by atoms with van der Waals surface area (Å²) in [5.41, 5.74) is 1.66. The molecule has 2 N–H and O–H groups in total. The first-order chi connectivity index (χ1) is 14.1. The van der Waals surface area contributed by atoms with Gasteiger partial charge in [-0.25, -0.2) is 4.79 Å². The third-order valence-electron chi connectivity index (χ3n) is 5.81. The number of likely N-dealkylation sites (tertiary alicyclic amines) is 1. The number of carbonyl (C=O) groups is 2. The summed E-state index contributed by atoms with van der Waals surface area (Å²) in [5, 5.41) is 6.37. The molecule has 4 rings (SSSR count). The SMILES string of the molecule is Cl.O=C1CCc2c(OCCN3CCC(NC(=O)OCC4CC4)CC3)ccc(Cl)c2N1. The van der Waals surface area contributed by atoms with Crippen molar-refractivity contribution in [3.63, 3.8) is 0 Å². The Bertz CT molecular complexity index is 765. The van der Waals surface area contributed by atoms with Crippen molar-refractivity contribution in [3.05, 3.63) is 22.7 Å². The lowest BCUT2D eigenvalue weighted by molar-refractivity contribution is -0.116. The zero-order valence-electron chi connectivity index (χ0n) is 17.0. The normalized spacial score (nSPS) is 19.3. The molecule has 0 unspecified atom stereocenters. The van der Waals surface area contributed by atoms with Crippen molar-refractivity contribution in [1.29, 1.82) is 0 Å². The summed E-state index contributed by atoms with van der Waals surface area (Å²) in [6.45, 7) is 3.80. The molecule has 1 aromatic carbocycles. The van der Waals surface area contributed by atoms with Crippen LogP contribution in [-0.2, 0) is 16.0 Å². The van der Waals surface area contributed by atoms with Crippen LogP contribution in [0.15, 0.2) is 12.1 Å². The largest absolute Gasteiger partial charge is 0.492 e. The molecule has 1 aromatic rings. The van der Waals surface area contributed by atoms with E-state index in [9.17, 15) is 9.59 Å². The molecular formula is C21H29Cl2N3O4. The van der Waals surface area contributed by atoms with Crippen LogP contribution < -0.4 is 15.4 Å². The smallest absolute Gasteiger partial charge is 0.407 e. The number of nitrogens with one attached hydrogen (secondary N) is 2. The summed E-state index contributed by atoms with van der Waals surface area (Å²) in [4.78, 5) is 25.8. The molecule has 1 aliphatic carbocycles. The Balaban J connectivity index is 0.00000256. The number of hydrogen-bond donors (Lipinski definition) is 2. The number of amides is 2. The van der Waals surface area contributed by atoms with Crippen LogP contribution in [0.4, 0.5) is 10.5 Å². The molecule has 1 saturated heterocycles. The van der Waals surface area contributed by atoms with Crippen molar-refractivity contribution in [3.8, 4) is 5.75 Å². The number of anilines is 1. The second-order valence-corrected chi connectivity index (χ2v) is 8.51. The van der Waals surface area contributed by atoms with Gasteiger partial charge in [0.25, 0.3) is 0 Å². The molecule has 2 fully saturated rings. The minimum absolute atomic E-state index is 0. The number of halogens is 2. The molecule has 9 heteroatoms. The predicted octanol–water partition coefficient (Wildman–Crippen LogP) is 3.63. The van der Waals surface area contributed by atoms with Gasteiger partial charge in [-0.3, -0.25) is 9.69 Å². The van der Waals surface area contributed by atoms with Gasteiger partial charge >= 0.3 is 6.09 Å². The van der Waals surface area contributed by atoms with E-state index in [-0.39, 0.29) is 30.4 Å². The molecule has 2 heterocycles. The van der Waals surface area contributed by atoms with Gasteiger partial charge in [0.1, 0.15) is 12.4 Å². The van der Waals surface area contributed by atoms with Gasteiger partial charge in [-0.05, 0) is 50.2 Å². The van der Waals surface area contributed by atoms with E-state index in [0.717, 1.165) is 43.8 Å². The van der Waals surface area contributed by atoms with Crippen LogP contribution in [-0.4, -0.2) is 55.8 Å². The maximum absolute atomic E-state index is 11.8. The molecule has 7 nitrogen and oxygen atoms in total. The van der Waals surface area contributed by atoms with Crippen LogP contribution in [0.1, 0.15) is 37.7 Å². The van der Waals surface area contributed by atoms with E-state index in [1.54, 1.807) is 6.07 Å². The van der Waals surface area contributed by atoms with Gasteiger partial charge in [0.05, 0.1) is 17.3 Å². The molecule has 0 atom stereocenters. The fourth-order valence-electron chi connectivity index (χ4n) is 3.83. The average Bonchev–Trinajstić information content (AvgIpc) is 3.54. The molecule has 0 bridgehead atoms. The molecule has 2 aliphatic heterocycles. The maximum atomic E-state index is 11.8. The van der Waals surface area contributed by atoms with Gasteiger partial charge in [-0.1, -0.05) is 11.6 Å². The fraction of sp³-hybridized carbons (Fsp3) is 0.619. The summed E-state index contributed by atoms with van der Waals surface area (Å²) in [6.07, 6.45) is 5.01. The fourth-order valence-corrected chi connectivity index (χ4v) is 4.06. The zero-order valence-corrected chi connectivity index (χ0v) is 18.5. The summed E-state index contributed by atoms with van der Waals surface area (Å²) < 4.78 is 11.3. The maximum Gasteiger partial charge on any atom is 0.407 e. The molecule has 2 amide bonds. The number of nitrogens with zero attached hydrogens (tertiary/aromatic N) is 1.